The predicted molar refractivity (Wildman–Crippen MR) is 107 cm³/mol. The molecule has 1 aromatic rings. The normalized spacial score (nSPS) is 18.9. The Hall–Kier alpha value is -3.29. The number of rotatable bonds is 7. The van der Waals surface area contributed by atoms with E-state index in [2.05, 4.69) is 16.9 Å². The maximum atomic E-state index is 13.9. The summed E-state index contributed by atoms with van der Waals surface area (Å²) >= 11 is 0. The van der Waals surface area contributed by atoms with E-state index in [4.69, 9.17) is 0 Å². The van der Waals surface area contributed by atoms with Crippen molar-refractivity contribution in [1.29, 1.82) is 0 Å². The zero-order valence-corrected chi connectivity index (χ0v) is 16.1. The monoisotopic (exact) mass is 400 g/mol. The minimum Gasteiger partial charge on any atom is -0.350 e. The summed E-state index contributed by atoms with van der Waals surface area (Å²) in [7, 11) is 0. The van der Waals surface area contributed by atoms with E-state index < -0.39 is 17.8 Å². The van der Waals surface area contributed by atoms with Crippen LogP contribution in [0.2, 0.25) is 0 Å². The van der Waals surface area contributed by atoms with Crippen LogP contribution >= 0.6 is 0 Å². The van der Waals surface area contributed by atoms with Crippen LogP contribution in [0.5, 0.6) is 0 Å². The van der Waals surface area contributed by atoms with E-state index in [1.165, 1.54) is 21.7 Å². The van der Waals surface area contributed by atoms with Gasteiger partial charge in [-0.1, -0.05) is 12.7 Å². The van der Waals surface area contributed by atoms with Crippen molar-refractivity contribution in [2.75, 3.05) is 13.1 Å². The number of amides is 2. The molecule has 8 heteroatoms. The van der Waals surface area contributed by atoms with E-state index >= 15 is 0 Å². The number of allylic oxidation sites excluding steroid dienone is 4. The zero-order valence-electron chi connectivity index (χ0n) is 16.1. The lowest BCUT2D eigenvalue weighted by Gasteiger charge is -2.39. The number of nitrogens with one attached hydrogen (secondary N) is 1. The third kappa shape index (κ3) is 4.42. The molecule has 1 atom stereocenters. The van der Waals surface area contributed by atoms with Gasteiger partial charge in [0.05, 0.1) is 18.3 Å². The Labute approximate surface area is 167 Å². The Morgan fingerprint density at radius 1 is 1.41 bits per heavy atom. The number of carbonyl (C=O) groups excluding carboxylic acids is 2. The van der Waals surface area contributed by atoms with Crippen LogP contribution in [0.1, 0.15) is 30.3 Å². The average Bonchev–Trinajstić information content (AvgIpc) is 3.08. The van der Waals surface area contributed by atoms with Gasteiger partial charge < -0.3 is 14.8 Å². The van der Waals surface area contributed by atoms with Gasteiger partial charge in [-0.05, 0) is 25.2 Å². The van der Waals surface area contributed by atoms with Crippen LogP contribution in [0.25, 0.3) is 5.70 Å². The molecular weight excluding hydrogens is 378 g/mol. The van der Waals surface area contributed by atoms with Crippen molar-refractivity contribution in [1.82, 2.24) is 14.8 Å². The van der Waals surface area contributed by atoms with E-state index in [1.54, 1.807) is 31.4 Å². The largest absolute Gasteiger partial charge is 0.350 e. The fourth-order valence-electron chi connectivity index (χ4n) is 3.46. The number of nitrogens with zero attached hydrogens (tertiary/aromatic N) is 3. The molecule has 0 fully saturated rings. The van der Waals surface area contributed by atoms with Gasteiger partial charge in [0.25, 0.3) is 5.91 Å². The van der Waals surface area contributed by atoms with Crippen molar-refractivity contribution < 1.29 is 18.4 Å². The van der Waals surface area contributed by atoms with Crippen LogP contribution in [0.3, 0.4) is 0 Å². The Balaban J connectivity index is 1.71. The minimum atomic E-state index is -0.583. The zero-order chi connectivity index (χ0) is 21.0. The van der Waals surface area contributed by atoms with Crippen LogP contribution in [-0.2, 0) is 4.79 Å². The average molecular weight is 400 g/mol. The van der Waals surface area contributed by atoms with E-state index in [1.807, 2.05) is 0 Å². The second kappa shape index (κ2) is 8.81. The number of fused-ring (bicyclic) bond motifs is 3. The molecule has 1 aliphatic carbocycles. The summed E-state index contributed by atoms with van der Waals surface area (Å²) in [4.78, 5) is 30.7. The first kappa shape index (κ1) is 20.4. The molecule has 0 saturated heterocycles. The highest BCUT2D eigenvalue weighted by atomic mass is 19.1. The SMILES string of the molecule is C=C/C=C(CNC(=O)CCN1C(=O)c2cc(F)cn2C2=CC=C(F)CC21)\N=C/C. The Bertz CT molecular complexity index is 956. The predicted octanol–water partition coefficient (Wildman–Crippen LogP) is 3.22. The highest BCUT2D eigenvalue weighted by Crippen LogP contribution is 2.34. The number of hydrogen-bond donors (Lipinski definition) is 1. The topological polar surface area (TPSA) is 66.7 Å². The van der Waals surface area contributed by atoms with E-state index in [-0.39, 0.29) is 43.4 Å². The molecule has 29 heavy (non-hydrogen) atoms. The van der Waals surface area contributed by atoms with Crippen LogP contribution in [0.15, 0.2) is 59.7 Å². The molecule has 2 aliphatic rings. The molecule has 0 bridgehead atoms. The first-order valence-corrected chi connectivity index (χ1v) is 9.27. The molecule has 2 heterocycles. The van der Waals surface area contributed by atoms with Crippen LogP contribution in [0.4, 0.5) is 8.78 Å². The summed E-state index contributed by atoms with van der Waals surface area (Å²) in [5.41, 5.74) is 1.41. The van der Waals surface area contributed by atoms with Gasteiger partial charge in [0, 0.05) is 43.6 Å². The van der Waals surface area contributed by atoms with Crippen molar-refractivity contribution in [3.05, 3.63) is 66.2 Å². The highest BCUT2D eigenvalue weighted by molar-refractivity contribution is 5.98. The quantitative estimate of drug-likeness (QED) is 0.564. The highest BCUT2D eigenvalue weighted by Gasteiger charge is 2.38. The molecule has 0 radical (unpaired) electrons. The van der Waals surface area contributed by atoms with Gasteiger partial charge in [-0.25, -0.2) is 8.78 Å². The summed E-state index contributed by atoms with van der Waals surface area (Å²) in [6.07, 6.45) is 8.98. The lowest BCUT2D eigenvalue weighted by Crippen LogP contribution is -2.48. The molecule has 1 unspecified atom stereocenters. The third-order valence-electron chi connectivity index (χ3n) is 4.74. The molecule has 1 aliphatic heterocycles. The number of carbonyl (C=O) groups is 2. The molecule has 0 spiro atoms. The summed E-state index contributed by atoms with van der Waals surface area (Å²) < 4.78 is 29.1. The second-order valence-corrected chi connectivity index (χ2v) is 6.64. The molecule has 2 amide bonds. The maximum absolute atomic E-state index is 13.9. The Morgan fingerprint density at radius 3 is 2.93 bits per heavy atom. The number of hydrogen-bond acceptors (Lipinski definition) is 3. The summed E-state index contributed by atoms with van der Waals surface area (Å²) in [5, 5.41) is 2.74. The number of aromatic nitrogens is 1. The smallest absolute Gasteiger partial charge is 0.271 e. The molecule has 3 rings (SSSR count). The van der Waals surface area contributed by atoms with Crippen LogP contribution < -0.4 is 5.32 Å². The fraction of sp³-hybridized carbons (Fsp3) is 0.286. The van der Waals surface area contributed by atoms with Gasteiger partial charge in [0.1, 0.15) is 17.3 Å². The van der Waals surface area contributed by atoms with Gasteiger partial charge in [0.15, 0.2) is 0 Å². The van der Waals surface area contributed by atoms with E-state index in [0.717, 1.165) is 6.07 Å². The van der Waals surface area contributed by atoms with E-state index in [9.17, 15) is 18.4 Å². The lowest BCUT2D eigenvalue weighted by molar-refractivity contribution is -0.121. The minimum absolute atomic E-state index is 0.00410. The van der Waals surface area contributed by atoms with Crippen molar-refractivity contribution in [2.24, 2.45) is 4.99 Å². The van der Waals surface area contributed by atoms with Gasteiger partial charge in [0.2, 0.25) is 5.91 Å². The van der Waals surface area contributed by atoms with Crippen molar-refractivity contribution in [3.63, 3.8) is 0 Å². The molecule has 0 saturated carbocycles. The fourth-order valence-corrected chi connectivity index (χ4v) is 3.46. The molecular formula is C21H22F2N4O2. The van der Waals surface area contributed by atoms with Gasteiger partial charge in [-0.3, -0.25) is 14.6 Å². The van der Waals surface area contributed by atoms with Crippen LogP contribution in [0, 0.1) is 5.82 Å². The van der Waals surface area contributed by atoms with Crippen molar-refractivity contribution >= 4 is 23.7 Å². The molecule has 1 N–H and O–H groups in total. The second-order valence-electron chi connectivity index (χ2n) is 6.64. The summed E-state index contributed by atoms with van der Waals surface area (Å²) in [6.45, 7) is 5.68. The van der Waals surface area contributed by atoms with Crippen molar-refractivity contribution in [3.8, 4) is 0 Å². The molecule has 0 aromatic carbocycles. The van der Waals surface area contributed by atoms with Crippen LogP contribution in [-0.4, -0.2) is 46.6 Å². The molecule has 152 valence electrons. The maximum Gasteiger partial charge on any atom is 0.271 e. The van der Waals surface area contributed by atoms with Gasteiger partial charge in [-0.15, -0.1) is 0 Å². The summed E-state index contributed by atoms with van der Waals surface area (Å²) in [5.74, 6) is -1.61. The standard InChI is InChI=1S/C21H22F2N4O2/c1-3-5-16(24-4-2)12-25-20(28)8-9-26-18-10-14(22)6-7-17(18)27-13-15(23)11-19(27)21(26)29/h3-7,11,13,18H,1,8-10,12H2,2H3,(H,25,28)/b16-5-,24-4-. The number of aliphatic imine (C=N–C) groups is 1. The molecule has 6 nitrogen and oxygen atoms in total. The van der Waals surface area contributed by atoms with Crippen molar-refractivity contribution in [2.45, 2.75) is 25.8 Å². The first-order valence-electron chi connectivity index (χ1n) is 9.27. The Kier molecular flexibility index (Phi) is 6.21. The van der Waals surface area contributed by atoms with E-state index in [0.29, 0.717) is 11.4 Å². The number of halogens is 2. The summed E-state index contributed by atoms with van der Waals surface area (Å²) in [6, 6.07) is 0.566. The van der Waals surface area contributed by atoms with Gasteiger partial charge in [-0.2, -0.15) is 0 Å². The van der Waals surface area contributed by atoms with Gasteiger partial charge >= 0.3 is 0 Å². The molecule has 1 aromatic heterocycles. The first-order chi connectivity index (χ1) is 13.9. The Morgan fingerprint density at radius 2 is 2.21 bits per heavy atom. The third-order valence-corrected chi connectivity index (χ3v) is 4.74. The lowest BCUT2D eigenvalue weighted by atomic mass is 9.98.